The fraction of sp³-hybridized carbons (Fsp3) is 0.333. The number of carbonyl (C=O) groups is 2. The molecule has 0 N–H and O–H groups in total. The van der Waals surface area contributed by atoms with Gasteiger partial charge in [-0.3, -0.25) is 9.69 Å². The summed E-state index contributed by atoms with van der Waals surface area (Å²) in [6.07, 6.45) is 3.20. The van der Waals surface area contributed by atoms with E-state index in [-0.39, 0.29) is 6.54 Å². The Morgan fingerprint density at radius 2 is 2.00 bits per heavy atom. The normalized spacial score (nSPS) is 11.1. The summed E-state index contributed by atoms with van der Waals surface area (Å²) in [4.78, 5) is 33.3. The number of rotatable bonds is 4. The Labute approximate surface area is 151 Å². The predicted octanol–water partition coefficient (Wildman–Crippen LogP) is 4.19. The van der Waals surface area contributed by atoms with Crippen LogP contribution in [0.4, 0.5) is 10.6 Å². The van der Waals surface area contributed by atoms with Crippen molar-refractivity contribution in [2.45, 2.75) is 39.8 Å². The van der Waals surface area contributed by atoms with Crippen LogP contribution in [-0.4, -0.2) is 27.9 Å². The van der Waals surface area contributed by atoms with Gasteiger partial charge in [0.1, 0.15) is 16.6 Å². The topological polar surface area (TPSA) is 72.4 Å². The third-order valence-electron chi connectivity index (χ3n) is 3.21. The Balaban J connectivity index is 2.39. The molecule has 0 saturated heterocycles. The lowest BCUT2D eigenvalue weighted by Crippen LogP contribution is -2.37. The van der Waals surface area contributed by atoms with Gasteiger partial charge in [-0.15, -0.1) is 0 Å². The van der Waals surface area contributed by atoms with E-state index in [1.54, 1.807) is 52.1 Å². The molecule has 0 unspecified atom stereocenters. The first-order valence-electron chi connectivity index (χ1n) is 7.72. The number of aldehydes is 1. The van der Waals surface area contributed by atoms with Crippen molar-refractivity contribution in [3.8, 4) is 0 Å². The molecule has 0 fully saturated rings. The molecule has 132 valence electrons. The number of hydrogen-bond acceptors (Lipinski definition) is 5. The van der Waals surface area contributed by atoms with Gasteiger partial charge in [0.2, 0.25) is 0 Å². The van der Waals surface area contributed by atoms with Crippen LogP contribution in [0.15, 0.2) is 30.6 Å². The molecule has 2 heterocycles. The summed E-state index contributed by atoms with van der Waals surface area (Å²) >= 11 is 5.81. The number of anilines is 1. The molecule has 0 bridgehead atoms. The van der Waals surface area contributed by atoms with Gasteiger partial charge in [-0.2, -0.15) is 0 Å². The lowest BCUT2D eigenvalue weighted by atomic mass is 10.2. The van der Waals surface area contributed by atoms with Crippen molar-refractivity contribution in [1.29, 1.82) is 0 Å². The number of halogens is 1. The van der Waals surface area contributed by atoms with Crippen LogP contribution >= 0.6 is 11.6 Å². The lowest BCUT2D eigenvalue weighted by molar-refractivity contribution is 0.0576. The largest absolute Gasteiger partial charge is 0.443 e. The predicted molar refractivity (Wildman–Crippen MR) is 96.0 cm³/mol. The molecule has 0 atom stereocenters. The van der Waals surface area contributed by atoms with E-state index in [9.17, 15) is 9.59 Å². The van der Waals surface area contributed by atoms with Crippen LogP contribution in [0.5, 0.6) is 0 Å². The molecule has 0 aliphatic heterocycles. The fourth-order valence-corrected chi connectivity index (χ4v) is 2.27. The van der Waals surface area contributed by atoms with Gasteiger partial charge < -0.3 is 4.74 Å². The molecule has 0 saturated carbocycles. The highest BCUT2D eigenvalue weighted by molar-refractivity contribution is 6.29. The van der Waals surface area contributed by atoms with Gasteiger partial charge in [0.15, 0.2) is 6.29 Å². The number of carbonyl (C=O) groups excluding carboxylic acids is 2. The minimum absolute atomic E-state index is 0.216. The van der Waals surface area contributed by atoms with E-state index >= 15 is 0 Å². The van der Waals surface area contributed by atoms with E-state index < -0.39 is 11.7 Å². The van der Waals surface area contributed by atoms with Crippen molar-refractivity contribution in [3.63, 3.8) is 0 Å². The highest BCUT2D eigenvalue weighted by Gasteiger charge is 2.26. The maximum absolute atomic E-state index is 12.7. The summed E-state index contributed by atoms with van der Waals surface area (Å²) in [7, 11) is 0. The molecule has 0 aromatic carbocycles. The number of pyridine rings is 2. The molecule has 2 aromatic rings. The zero-order chi connectivity index (χ0) is 18.6. The summed E-state index contributed by atoms with van der Waals surface area (Å²) in [5, 5.41) is 0.372. The quantitative estimate of drug-likeness (QED) is 0.603. The maximum Gasteiger partial charge on any atom is 0.416 e. The van der Waals surface area contributed by atoms with Crippen LogP contribution in [0.1, 0.15) is 42.3 Å². The molecule has 25 heavy (non-hydrogen) atoms. The molecule has 0 aliphatic rings. The fourth-order valence-electron chi connectivity index (χ4n) is 2.16. The molecule has 7 heteroatoms. The Kier molecular flexibility index (Phi) is 5.74. The third-order valence-corrected chi connectivity index (χ3v) is 3.43. The molecule has 0 aliphatic carbocycles. The number of aryl methyl sites for hydroxylation is 1. The molecule has 6 nitrogen and oxygen atoms in total. The minimum atomic E-state index is -0.649. The average Bonchev–Trinajstić information content (AvgIpc) is 2.53. The average molecular weight is 362 g/mol. The number of hydrogen-bond donors (Lipinski definition) is 0. The van der Waals surface area contributed by atoms with Gasteiger partial charge in [-0.1, -0.05) is 17.7 Å². The van der Waals surface area contributed by atoms with Crippen molar-refractivity contribution < 1.29 is 14.3 Å². The molecule has 2 aromatic heterocycles. The zero-order valence-electron chi connectivity index (χ0n) is 14.6. The van der Waals surface area contributed by atoms with E-state index in [1.807, 2.05) is 0 Å². The second-order valence-electron chi connectivity index (χ2n) is 6.58. The Morgan fingerprint density at radius 1 is 1.28 bits per heavy atom. The Morgan fingerprint density at radius 3 is 2.52 bits per heavy atom. The van der Waals surface area contributed by atoms with E-state index in [0.717, 1.165) is 5.56 Å². The standard InChI is InChI=1S/C18H20ClN3O3/c1-12-7-14(11-23)9-21-16(12)22(17(24)25-18(2,3)4)10-13-5-6-15(19)20-8-13/h5-9,11H,10H2,1-4H3. The van der Waals surface area contributed by atoms with Crippen molar-refractivity contribution in [3.05, 3.63) is 52.4 Å². The smallest absolute Gasteiger partial charge is 0.416 e. The second kappa shape index (κ2) is 7.61. The van der Waals surface area contributed by atoms with Crippen molar-refractivity contribution in [2.24, 2.45) is 0 Å². The maximum atomic E-state index is 12.7. The van der Waals surface area contributed by atoms with Gasteiger partial charge in [0, 0.05) is 18.0 Å². The monoisotopic (exact) mass is 361 g/mol. The summed E-state index contributed by atoms with van der Waals surface area (Å²) in [5.74, 6) is 0.426. The van der Waals surface area contributed by atoms with Gasteiger partial charge in [0.05, 0.1) is 6.54 Å². The molecule has 2 rings (SSSR count). The van der Waals surface area contributed by atoms with Crippen LogP contribution < -0.4 is 4.90 Å². The van der Waals surface area contributed by atoms with E-state index in [4.69, 9.17) is 16.3 Å². The van der Waals surface area contributed by atoms with Gasteiger partial charge in [-0.25, -0.2) is 14.8 Å². The van der Waals surface area contributed by atoms with E-state index in [2.05, 4.69) is 9.97 Å². The Bertz CT molecular complexity index is 770. The minimum Gasteiger partial charge on any atom is -0.443 e. The second-order valence-corrected chi connectivity index (χ2v) is 6.97. The van der Waals surface area contributed by atoms with Crippen LogP contribution in [0, 0.1) is 6.92 Å². The Hall–Kier alpha value is -2.47. The zero-order valence-corrected chi connectivity index (χ0v) is 15.4. The number of ether oxygens (including phenoxy) is 1. The number of aromatic nitrogens is 2. The van der Waals surface area contributed by atoms with Gasteiger partial charge >= 0.3 is 6.09 Å². The van der Waals surface area contributed by atoms with Gasteiger partial charge in [0.25, 0.3) is 0 Å². The summed E-state index contributed by atoms with van der Waals surface area (Å²) < 4.78 is 5.49. The van der Waals surface area contributed by atoms with Crippen LogP contribution in [0.2, 0.25) is 5.15 Å². The lowest BCUT2D eigenvalue weighted by Gasteiger charge is -2.27. The van der Waals surface area contributed by atoms with Crippen LogP contribution in [0.3, 0.4) is 0 Å². The van der Waals surface area contributed by atoms with Crippen LogP contribution in [-0.2, 0) is 11.3 Å². The molecular weight excluding hydrogens is 342 g/mol. The van der Waals surface area contributed by atoms with Crippen molar-refractivity contribution in [2.75, 3.05) is 4.90 Å². The van der Waals surface area contributed by atoms with Crippen molar-refractivity contribution in [1.82, 2.24) is 9.97 Å². The van der Waals surface area contributed by atoms with E-state index in [0.29, 0.717) is 28.4 Å². The third kappa shape index (κ3) is 5.26. The first-order chi connectivity index (χ1) is 11.7. The molecule has 0 radical (unpaired) electrons. The highest BCUT2D eigenvalue weighted by atomic mass is 35.5. The number of amides is 1. The molecule has 1 amide bonds. The summed E-state index contributed by atoms with van der Waals surface area (Å²) in [6.45, 7) is 7.38. The SMILES string of the molecule is Cc1cc(C=O)cnc1N(Cc1ccc(Cl)nc1)C(=O)OC(C)(C)C. The number of nitrogens with zero attached hydrogens (tertiary/aromatic N) is 3. The summed E-state index contributed by atoms with van der Waals surface area (Å²) in [5.41, 5.74) is 1.26. The van der Waals surface area contributed by atoms with Gasteiger partial charge in [-0.05, 0) is 51.0 Å². The van der Waals surface area contributed by atoms with Crippen molar-refractivity contribution >= 4 is 29.8 Å². The summed E-state index contributed by atoms with van der Waals surface area (Å²) in [6, 6.07) is 5.11. The molecule has 0 spiro atoms. The first-order valence-corrected chi connectivity index (χ1v) is 8.10. The van der Waals surface area contributed by atoms with E-state index in [1.165, 1.54) is 11.1 Å². The molecular formula is C18H20ClN3O3. The van der Waals surface area contributed by atoms with Crippen LogP contribution in [0.25, 0.3) is 0 Å². The first kappa shape index (κ1) is 18.9. The highest BCUT2D eigenvalue weighted by Crippen LogP contribution is 2.23.